The van der Waals surface area contributed by atoms with Crippen LogP contribution in [0.1, 0.15) is 34.1 Å². The van der Waals surface area contributed by atoms with E-state index >= 15 is 0 Å². The lowest BCUT2D eigenvalue weighted by molar-refractivity contribution is 0.0954. The highest BCUT2D eigenvalue weighted by atomic mass is 79.9. The first-order valence-electron chi connectivity index (χ1n) is 7.16. The summed E-state index contributed by atoms with van der Waals surface area (Å²) in [7, 11) is 0. The molecule has 0 fully saturated rings. The van der Waals surface area contributed by atoms with Crippen LogP contribution in [-0.4, -0.2) is 18.4 Å². The van der Waals surface area contributed by atoms with Crippen molar-refractivity contribution in [3.05, 3.63) is 63.9 Å². The first-order chi connectivity index (χ1) is 11.0. The fourth-order valence-corrected chi connectivity index (χ4v) is 2.32. The van der Waals surface area contributed by atoms with Gasteiger partial charge in [-0.3, -0.25) is 9.59 Å². The van der Waals surface area contributed by atoms with Crippen molar-refractivity contribution in [3.63, 3.8) is 0 Å². The fourth-order valence-electron chi connectivity index (χ4n) is 1.99. The van der Waals surface area contributed by atoms with Crippen LogP contribution in [0.2, 0.25) is 0 Å². The maximum absolute atomic E-state index is 13.9. The topological polar surface area (TPSA) is 58.2 Å². The second kappa shape index (κ2) is 7.87. The molecular formula is C17H16BrFN2O2. The Bertz CT molecular complexity index is 734. The summed E-state index contributed by atoms with van der Waals surface area (Å²) in [5.74, 6) is -1.52. The molecule has 2 N–H and O–H groups in total. The van der Waals surface area contributed by atoms with Gasteiger partial charge in [-0.05, 0) is 36.8 Å². The van der Waals surface area contributed by atoms with Crippen molar-refractivity contribution in [2.45, 2.75) is 13.3 Å². The Morgan fingerprint density at radius 2 is 1.83 bits per heavy atom. The SMILES string of the molecule is CCCNC(=O)c1ccccc1NC(=O)c1ccc(Br)cc1F. The monoisotopic (exact) mass is 378 g/mol. The first kappa shape index (κ1) is 17.1. The summed E-state index contributed by atoms with van der Waals surface area (Å²) in [4.78, 5) is 24.3. The predicted octanol–water partition coefficient (Wildman–Crippen LogP) is 3.98. The number of amides is 2. The highest BCUT2D eigenvalue weighted by Crippen LogP contribution is 2.19. The number of hydrogen-bond acceptors (Lipinski definition) is 2. The molecule has 2 aromatic carbocycles. The average Bonchev–Trinajstić information content (AvgIpc) is 2.53. The number of rotatable bonds is 5. The molecular weight excluding hydrogens is 363 g/mol. The van der Waals surface area contributed by atoms with Crippen molar-refractivity contribution in [2.24, 2.45) is 0 Å². The molecule has 0 aliphatic carbocycles. The molecule has 0 atom stereocenters. The molecule has 2 rings (SSSR count). The van der Waals surface area contributed by atoms with Gasteiger partial charge in [0, 0.05) is 11.0 Å². The lowest BCUT2D eigenvalue weighted by Gasteiger charge is -2.11. The molecule has 23 heavy (non-hydrogen) atoms. The van der Waals surface area contributed by atoms with Gasteiger partial charge in [0.15, 0.2) is 0 Å². The molecule has 120 valence electrons. The zero-order valence-electron chi connectivity index (χ0n) is 12.5. The number of carbonyl (C=O) groups is 2. The summed E-state index contributed by atoms with van der Waals surface area (Å²) in [5.41, 5.74) is 0.595. The summed E-state index contributed by atoms with van der Waals surface area (Å²) in [5, 5.41) is 5.34. The number of hydrogen-bond donors (Lipinski definition) is 2. The first-order valence-corrected chi connectivity index (χ1v) is 7.96. The number of nitrogens with one attached hydrogen (secondary N) is 2. The van der Waals surface area contributed by atoms with Crippen LogP contribution in [0, 0.1) is 5.82 Å². The van der Waals surface area contributed by atoms with Gasteiger partial charge in [0.2, 0.25) is 0 Å². The Balaban J connectivity index is 2.23. The van der Waals surface area contributed by atoms with Gasteiger partial charge in [-0.1, -0.05) is 35.0 Å². The van der Waals surface area contributed by atoms with E-state index in [1.807, 2.05) is 6.92 Å². The average molecular weight is 379 g/mol. The second-order valence-corrected chi connectivity index (χ2v) is 5.80. The van der Waals surface area contributed by atoms with Crippen molar-refractivity contribution in [1.29, 1.82) is 0 Å². The molecule has 0 unspecified atom stereocenters. The number of anilines is 1. The van der Waals surface area contributed by atoms with Crippen molar-refractivity contribution in [1.82, 2.24) is 5.32 Å². The van der Waals surface area contributed by atoms with Crippen LogP contribution < -0.4 is 10.6 Å². The van der Waals surface area contributed by atoms with E-state index in [-0.39, 0.29) is 11.5 Å². The van der Waals surface area contributed by atoms with Crippen molar-refractivity contribution in [2.75, 3.05) is 11.9 Å². The van der Waals surface area contributed by atoms with E-state index in [1.54, 1.807) is 30.3 Å². The summed E-state index contributed by atoms with van der Waals surface area (Å²) in [6, 6.07) is 10.8. The van der Waals surface area contributed by atoms with Crippen LogP contribution in [0.3, 0.4) is 0 Å². The minimum atomic E-state index is -0.634. The van der Waals surface area contributed by atoms with E-state index in [0.29, 0.717) is 22.3 Å². The van der Waals surface area contributed by atoms with Gasteiger partial charge in [-0.2, -0.15) is 0 Å². The third-order valence-corrected chi connectivity index (χ3v) is 3.62. The quantitative estimate of drug-likeness (QED) is 0.826. The molecule has 0 saturated heterocycles. The maximum Gasteiger partial charge on any atom is 0.258 e. The molecule has 0 aliphatic rings. The Labute approximate surface area is 142 Å². The molecule has 0 aromatic heterocycles. The van der Waals surface area contributed by atoms with Crippen molar-refractivity contribution < 1.29 is 14.0 Å². The lowest BCUT2D eigenvalue weighted by atomic mass is 10.1. The molecule has 0 aliphatic heterocycles. The molecule has 0 radical (unpaired) electrons. The predicted molar refractivity (Wildman–Crippen MR) is 91.1 cm³/mol. The fraction of sp³-hybridized carbons (Fsp3) is 0.176. The van der Waals surface area contributed by atoms with Crippen molar-refractivity contribution >= 4 is 33.4 Å². The molecule has 2 aromatic rings. The summed E-state index contributed by atoms with van der Waals surface area (Å²) in [6.07, 6.45) is 0.810. The van der Waals surface area contributed by atoms with Crippen LogP contribution >= 0.6 is 15.9 Å². The molecule has 4 nitrogen and oxygen atoms in total. The van der Waals surface area contributed by atoms with Gasteiger partial charge in [0.25, 0.3) is 11.8 Å². The number of benzene rings is 2. The third-order valence-electron chi connectivity index (χ3n) is 3.13. The molecule has 0 heterocycles. The van der Waals surface area contributed by atoms with Crippen LogP contribution in [0.4, 0.5) is 10.1 Å². The van der Waals surface area contributed by atoms with Crippen LogP contribution in [-0.2, 0) is 0 Å². The van der Waals surface area contributed by atoms with Gasteiger partial charge < -0.3 is 10.6 Å². The Morgan fingerprint density at radius 3 is 2.52 bits per heavy atom. The summed E-state index contributed by atoms with van der Waals surface area (Å²) >= 11 is 3.14. The number of halogens is 2. The maximum atomic E-state index is 13.9. The third kappa shape index (κ3) is 4.39. The Kier molecular flexibility index (Phi) is 5.87. The number of para-hydroxylation sites is 1. The lowest BCUT2D eigenvalue weighted by Crippen LogP contribution is -2.26. The molecule has 0 spiro atoms. The summed E-state index contributed by atoms with van der Waals surface area (Å²) in [6.45, 7) is 2.49. The van der Waals surface area contributed by atoms with E-state index in [1.165, 1.54) is 12.1 Å². The van der Waals surface area contributed by atoms with Crippen LogP contribution in [0.15, 0.2) is 46.9 Å². The van der Waals surface area contributed by atoms with E-state index in [4.69, 9.17) is 0 Å². The van der Waals surface area contributed by atoms with E-state index in [9.17, 15) is 14.0 Å². The van der Waals surface area contributed by atoms with Crippen LogP contribution in [0.5, 0.6) is 0 Å². The van der Waals surface area contributed by atoms with E-state index in [0.717, 1.165) is 6.42 Å². The largest absolute Gasteiger partial charge is 0.352 e. The van der Waals surface area contributed by atoms with E-state index in [2.05, 4.69) is 26.6 Å². The van der Waals surface area contributed by atoms with Gasteiger partial charge in [-0.15, -0.1) is 0 Å². The Morgan fingerprint density at radius 1 is 1.09 bits per heavy atom. The van der Waals surface area contributed by atoms with E-state index < -0.39 is 11.7 Å². The van der Waals surface area contributed by atoms with Crippen molar-refractivity contribution in [3.8, 4) is 0 Å². The van der Waals surface area contributed by atoms with Gasteiger partial charge in [-0.25, -0.2) is 4.39 Å². The molecule has 2 amide bonds. The minimum Gasteiger partial charge on any atom is -0.352 e. The molecule has 0 bridgehead atoms. The summed E-state index contributed by atoms with van der Waals surface area (Å²) < 4.78 is 14.4. The zero-order chi connectivity index (χ0) is 16.8. The molecule has 6 heteroatoms. The zero-order valence-corrected chi connectivity index (χ0v) is 14.1. The van der Waals surface area contributed by atoms with Gasteiger partial charge in [0.1, 0.15) is 5.82 Å². The van der Waals surface area contributed by atoms with Gasteiger partial charge >= 0.3 is 0 Å². The molecule has 0 saturated carbocycles. The second-order valence-electron chi connectivity index (χ2n) is 4.88. The Hall–Kier alpha value is -2.21. The van der Waals surface area contributed by atoms with Gasteiger partial charge in [0.05, 0.1) is 16.8 Å². The smallest absolute Gasteiger partial charge is 0.258 e. The standard InChI is InChI=1S/C17H16BrFN2O2/c1-2-9-20-16(22)13-5-3-4-6-15(13)21-17(23)12-8-7-11(18)10-14(12)19/h3-8,10H,2,9H2,1H3,(H,20,22)(H,21,23). The highest BCUT2D eigenvalue weighted by Gasteiger charge is 2.16. The van der Waals surface area contributed by atoms with Crippen LogP contribution in [0.25, 0.3) is 0 Å². The number of carbonyl (C=O) groups excluding carboxylic acids is 2. The minimum absolute atomic E-state index is 0.0861. The highest BCUT2D eigenvalue weighted by molar-refractivity contribution is 9.10. The normalized spacial score (nSPS) is 10.2.